The third kappa shape index (κ3) is 5.36. The molecule has 0 aliphatic carbocycles. The molecule has 0 saturated carbocycles. The van der Waals surface area contributed by atoms with Gasteiger partial charge in [0, 0.05) is 0 Å². The van der Waals surface area contributed by atoms with Crippen molar-refractivity contribution in [1.82, 2.24) is 0 Å². The minimum absolute atomic E-state index is 0.162. The predicted molar refractivity (Wildman–Crippen MR) is 47.5 cm³/mol. The van der Waals surface area contributed by atoms with Crippen LogP contribution in [0.4, 0.5) is 0 Å². The van der Waals surface area contributed by atoms with Crippen LogP contribution in [0.1, 0.15) is 0 Å². The minimum Gasteiger partial charge on any atom is -0.326 e. The Morgan fingerprint density at radius 1 is 1.10 bits per heavy atom. The molecule has 0 unspecified atom stereocenters. The van der Waals surface area contributed by atoms with Gasteiger partial charge in [-0.1, -0.05) is 34.8 Å². The average molecular weight is 204 g/mol. The van der Waals surface area contributed by atoms with Crippen molar-refractivity contribution >= 4 is 34.8 Å². The molecule has 0 spiro atoms. The molecule has 0 rings (SSSR count). The Morgan fingerprint density at radius 3 is 1.60 bits per heavy atom. The monoisotopic (exact) mass is 202 g/mol. The molecule has 0 atom stereocenters. The molecule has 0 aliphatic heterocycles. The van der Waals surface area contributed by atoms with E-state index in [1.54, 1.807) is 0 Å². The molecule has 0 N–H and O–H groups in total. The maximum atomic E-state index is 5.70. The largest absolute Gasteiger partial charge is 0.326 e. The fourth-order valence-electron chi connectivity index (χ4n) is 0.476. The fraction of sp³-hybridized carbons (Fsp3) is 0.667. The van der Waals surface area contributed by atoms with Gasteiger partial charge >= 0.3 is 0 Å². The molecule has 0 aliphatic rings. The van der Waals surface area contributed by atoms with Crippen molar-refractivity contribution in [3.63, 3.8) is 0 Å². The first kappa shape index (κ1) is 10.6. The second-order valence-corrected chi connectivity index (χ2v) is 4.52. The highest BCUT2D eigenvalue weighted by Gasteiger charge is 2.11. The number of halogens is 3. The summed E-state index contributed by atoms with van der Waals surface area (Å²) in [6, 6.07) is 0. The quantitative estimate of drug-likeness (QED) is 0.605. The minimum atomic E-state index is 0.162. The van der Waals surface area contributed by atoms with E-state index in [1.807, 2.05) is 21.1 Å². The van der Waals surface area contributed by atoms with Gasteiger partial charge in [0.05, 0.1) is 21.1 Å². The smallest absolute Gasteiger partial charge is 0.127 e. The summed E-state index contributed by atoms with van der Waals surface area (Å²) >= 11 is 16.6. The van der Waals surface area contributed by atoms with Gasteiger partial charge < -0.3 is 4.48 Å². The van der Waals surface area contributed by atoms with E-state index in [1.165, 1.54) is 0 Å². The van der Waals surface area contributed by atoms with Crippen LogP contribution < -0.4 is 0 Å². The van der Waals surface area contributed by atoms with Gasteiger partial charge in [0.2, 0.25) is 0 Å². The number of nitrogens with zero attached hydrogens (tertiary/aromatic N) is 1. The number of hydrogen-bond donors (Lipinski definition) is 0. The lowest BCUT2D eigenvalue weighted by Gasteiger charge is -2.23. The van der Waals surface area contributed by atoms with Crippen LogP contribution in [0.3, 0.4) is 0 Å². The molecule has 0 saturated heterocycles. The predicted octanol–water partition coefficient (Wildman–Crippen LogP) is 2.58. The normalized spacial score (nSPS) is 11.4. The molecule has 0 heterocycles. The molecule has 0 aromatic heterocycles. The first-order valence-corrected chi connectivity index (χ1v) is 3.96. The summed E-state index contributed by atoms with van der Waals surface area (Å²) in [6.07, 6.45) is 0. The van der Waals surface area contributed by atoms with Crippen LogP contribution in [-0.2, 0) is 0 Å². The lowest BCUT2D eigenvalue weighted by Crippen LogP contribution is -2.35. The molecule has 0 aromatic rings. The Balaban J connectivity index is 4.06. The lowest BCUT2D eigenvalue weighted by atomic mass is 10.5. The third-order valence-corrected chi connectivity index (χ3v) is 1.78. The Hall–Kier alpha value is 0.570. The van der Waals surface area contributed by atoms with Crippen LogP contribution in [0.25, 0.3) is 0 Å². The zero-order valence-electron chi connectivity index (χ0n) is 6.29. The van der Waals surface area contributed by atoms with E-state index in [0.29, 0.717) is 11.6 Å². The number of hydrogen-bond acceptors (Lipinski definition) is 0. The van der Waals surface area contributed by atoms with Gasteiger partial charge in [0.1, 0.15) is 16.1 Å². The van der Waals surface area contributed by atoms with Crippen molar-refractivity contribution in [3.8, 4) is 0 Å². The fourth-order valence-corrected chi connectivity index (χ4v) is 0.954. The van der Waals surface area contributed by atoms with E-state index in [-0.39, 0.29) is 4.49 Å². The Bertz CT molecular complexity index is 142. The van der Waals surface area contributed by atoms with Gasteiger partial charge in [-0.15, -0.1) is 0 Å². The van der Waals surface area contributed by atoms with Gasteiger partial charge in [0.15, 0.2) is 0 Å². The van der Waals surface area contributed by atoms with Crippen molar-refractivity contribution in [2.75, 3.05) is 27.7 Å². The van der Waals surface area contributed by atoms with Gasteiger partial charge in [-0.05, 0) is 0 Å². The summed E-state index contributed by atoms with van der Waals surface area (Å²) in [5.74, 6) is 0. The summed E-state index contributed by atoms with van der Waals surface area (Å²) in [4.78, 5) is 0. The summed E-state index contributed by atoms with van der Waals surface area (Å²) in [5, 5.41) is 0.510. The average Bonchev–Trinajstić information content (AvgIpc) is 1.60. The molecule has 1 nitrogen and oxygen atoms in total. The van der Waals surface area contributed by atoms with Crippen LogP contribution in [0.2, 0.25) is 0 Å². The van der Waals surface area contributed by atoms with Crippen LogP contribution in [0, 0.1) is 0 Å². The van der Waals surface area contributed by atoms with Gasteiger partial charge in [0.25, 0.3) is 0 Å². The number of quaternary nitrogens is 1. The molecule has 0 radical (unpaired) electrons. The van der Waals surface area contributed by atoms with E-state index in [9.17, 15) is 0 Å². The van der Waals surface area contributed by atoms with Gasteiger partial charge in [-0.3, -0.25) is 0 Å². The highest BCUT2D eigenvalue weighted by Crippen LogP contribution is 2.19. The first-order chi connectivity index (χ1) is 4.33. The van der Waals surface area contributed by atoms with E-state index in [2.05, 4.69) is 0 Å². The molecular weight excluding hydrogens is 192 g/mol. The van der Waals surface area contributed by atoms with Crippen LogP contribution in [0.5, 0.6) is 0 Å². The summed E-state index contributed by atoms with van der Waals surface area (Å²) < 4.78 is 0.886. The van der Waals surface area contributed by atoms with Gasteiger partial charge in [-0.2, -0.15) is 0 Å². The summed E-state index contributed by atoms with van der Waals surface area (Å²) in [5.41, 5.74) is 0. The summed E-state index contributed by atoms with van der Waals surface area (Å²) in [7, 11) is 6.04. The van der Waals surface area contributed by atoms with E-state index in [0.717, 1.165) is 4.48 Å². The topological polar surface area (TPSA) is 0 Å². The second-order valence-electron chi connectivity index (χ2n) is 3.11. The molecule has 0 bridgehead atoms. The first-order valence-electron chi connectivity index (χ1n) is 2.83. The Kier molecular flexibility index (Phi) is 4.03. The number of likely N-dealkylation sites (N-methyl/N-ethyl adjacent to an activating group) is 1. The van der Waals surface area contributed by atoms with Crippen molar-refractivity contribution in [3.05, 3.63) is 9.52 Å². The zero-order valence-corrected chi connectivity index (χ0v) is 8.56. The van der Waals surface area contributed by atoms with Crippen molar-refractivity contribution in [1.29, 1.82) is 0 Å². The van der Waals surface area contributed by atoms with Crippen molar-refractivity contribution in [2.24, 2.45) is 0 Å². The van der Waals surface area contributed by atoms with Crippen molar-refractivity contribution in [2.45, 2.75) is 0 Å². The maximum Gasteiger partial charge on any atom is 0.127 e. The molecule has 0 amide bonds. The van der Waals surface area contributed by atoms with E-state index in [4.69, 9.17) is 34.8 Å². The van der Waals surface area contributed by atoms with E-state index < -0.39 is 0 Å². The standard InChI is InChI=1S/C6H11Cl3N/c1-10(2,3)4-5(7)6(8)9/h4H2,1-3H3/q+1. The molecular formula is C6H11Cl3N+. The molecule has 0 aromatic carbocycles. The summed E-state index contributed by atoms with van der Waals surface area (Å²) in [6.45, 7) is 0.657. The SMILES string of the molecule is C[N+](C)(C)CC(Cl)=C(Cl)Cl. The second kappa shape index (κ2) is 3.82. The molecule has 60 valence electrons. The van der Waals surface area contributed by atoms with Crippen LogP contribution in [0.15, 0.2) is 9.52 Å². The van der Waals surface area contributed by atoms with Crippen molar-refractivity contribution < 1.29 is 4.48 Å². The molecule has 4 heteroatoms. The lowest BCUT2D eigenvalue weighted by molar-refractivity contribution is -0.864. The highest BCUT2D eigenvalue weighted by molar-refractivity contribution is 6.59. The van der Waals surface area contributed by atoms with E-state index >= 15 is 0 Å². The Labute approximate surface area is 76.8 Å². The Morgan fingerprint density at radius 2 is 1.50 bits per heavy atom. The zero-order chi connectivity index (χ0) is 8.36. The van der Waals surface area contributed by atoms with Crippen LogP contribution >= 0.6 is 34.8 Å². The third-order valence-electron chi connectivity index (χ3n) is 0.818. The molecule has 0 fully saturated rings. The van der Waals surface area contributed by atoms with Gasteiger partial charge in [-0.25, -0.2) is 0 Å². The highest BCUT2D eigenvalue weighted by atomic mass is 35.5. The maximum absolute atomic E-state index is 5.70. The molecule has 10 heavy (non-hydrogen) atoms. The number of rotatable bonds is 2. The van der Waals surface area contributed by atoms with Crippen LogP contribution in [-0.4, -0.2) is 32.2 Å².